The van der Waals surface area contributed by atoms with Gasteiger partial charge >= 0.3 is 0 Å². The van der Waals surface area contributed by atoms with Gasteiger partial charge in [-0.1, -0.05) is 54.2 Å². The molecule has 0 saturated carbocycles. The minimum absolute atomic E-state index is 0.147. The number of hydrazine groups is 1. The lowest BCUT2D eigenvalue weighted by Crippen LogP contribution is -2.45. The van der Waals surface area contributed by atoms with E-state index in [0.717, 1.165) is 27.9 Å². The first-order chi connectivity index (χ1) is 12.5. The highest BCUT2D eigenvalue weighted by Gasteiger charge is 2.35. The highest BCUT2D eigenvalue weighted by atomic mass is 32.2. The number of nitrogens with zero attached hydrogens (tertiary/aromatic N) is 1. The highest BCUT2D eigenvalue weighted by molar-refractivity contribution is 8.26. The third-order valence-corrected chi connectivity index (χ3v) is 5.31. The zero-order valence-electron chi connectivity index (χ0n) is 13.9. The summed E-state index contributed by atoms with van der Waals surface area (Å²) in [6.45, 7) is 1.77. The second-order valence-electron chi connectivity index (χ2n) is 5.67. The molecule has 2 amide bonds. The Morgan fingerprint density at radius 2 is 1.81 bits per heavy atom. The number of amides is 2. The van der Waals surface area contributed by atoms with Gasteiger partial charge in [0.2, 0.25) is 5.91 Å². The van der Waals surface area contributed by atoms with Crippen LogP contribution < -0.4 is 5.43 Å². The molecule has 0 atom stereocenters. The van der Waals surface area contributed by atoms with E-state index in [4.69, 9.17) is 12.2 Å². The van der Waals surface area contributed by atoms with Crippen molar-refractivity contribution in [2.24, 2.45) is 0 Å². The van der Waals surface area contributed by atoms with Crippen molar-refractivity contribution in [1.29, 1.82) is 0 Å². The molecular formula is C19H15FN2O2S2. The van der Waals surface area contributed by atoms with E-state index < -0.39 is 0 Å². The van der Waals surface area contributed by atoms with Crippen molar-refractivity contribution < 1.29 is 14.0 Å². The number of halogens is 1. The van der Waals surface area contributed by atoms with E-state index >= 15 is 0 Å². The summed E-state index contributed by atoms with van der Waals surface area (Å²) in [6.07, 6.45) is 0.147. The Morgan fingerprint density at radius 3 is 2.46 bits per heavy atom. The van der Waals surface area contributed by atoms with Crippen LogP contribution in [0.25, 0.3) is 5.57 Å². The fraction of sp³-hybridized carbons (Fsp3) is 0.105. The maximum absolute atomic E-state index is 13.1. The third kappa shape index (κ3) is 4.00. The molecule has 26 heavy (non-hydrogen) atoms. The van der Waals surface area contributed by atoms with E-state index in [9.17, 15) is 14.0 Å². The lowest BCUT2D eigenvalue weighted by molar-refractivity contribution is -0.132. The molecule has 3 rings (SSSR count). The molecule has 1 fully saturated rings. The number of rotatable bonds is 4. The van der Waals surface area contributed by atoms with E-state index in [1.54, 1.807) is 19.1 Å². The number of hydrogen-bond acceptors (Lipinski definition) is 4. The number of benzene rings is 2. The molecule has 4 nitrogen and oxygen atoms in total. The average Bonchev–Trinajstić information content (AvgIpc) is 2.91. The van der Waals surface area contributed by atoms with Gasteiger partial charge in [0.05, 0.1) is 11.3 Å². The summed E-state index contributed by atoms with van der Waals surface area (Å²) in [4.78, 5) is 25.3. The molecule has 7 heteroatoms. The van der Waals surface area contributed by atoms with Crippen LogP contribution in [0.3, 0.4) is 0 Å². The molecule has 0 unspecified atom stereocenters. The van der Waals surface area contributed by atoms with Crippen LogP contribution >= 0.6 is 24.0 Å². The maximum atomic E-state index is 13.1. The van der Waals surface area contributed by atoms with Gasteiger partial charge in [0.25, 0.3) is 5.91 Å². The van der Waals surface area contributed by atoms with Gasteiger partial charge in [-0.25, -0.2) is 4.39 Å². The molecule has 2 aromatic rings. The topological polar surface area (TPSA) is 49.4 Å². The van der Waals surface area contributed by atoms with Crippen LogP contribution in [0.5, 0.6) is 0 Å². The summed E-state index contributed by atoms with van der Waals surface area (Å²) in [5, 5.41) is 1.09. The first kappa shape index (κ1) is 18.3. The zero-order valence-corrected chi connectivity index (χ0v) is 15.5. The number of carbonyl (C=O) groups is 2. The van der Waals surface area contributed by atoms with Gasteiger partial charge in [-0.3, -0.25) is 15.0 Å². The van der Waals surface area contributed by atoms with E-state index in [1.807, 2.05) is 30.3 Å². The molecule has 2 aromatic carbocycles. The Kier molecular flexibility index (Phi) is 5.49. The van der Waals surface area contributed by atoms with Crippen LogP contribution in [-0.4, -0.2) is 21.1 Å². The van der Waals surface area contributed by atoms with E-state index in [2.05, 4.69) is 5.43 Å². The predicted octanol–water partition coefficient (Wildman–Crippen LogP) is 3.69. The standard InChI is InChI=1S/C19H15FN2O2S2/c1-12(14-7-9-15(20)10-8-14)17-18(24)22(19(25)26-17)21-16(23)11-13-5-3-2-4-6-13/h2-10H,11H2,1H3,(H,21,23)/b17-12-. The molecule has 0 radical (unpaired) electrons. The highest BCUT2D eigenvalue weighted by Crippen LogP contribution is 2.35. The van der Waals surface area contributed by atoms with E-state index in [1.165, 1.54) is 12.1 Å². The number of hydrogen-bond donors (Lipinski definition) is 1. The largest absolute Gasteiger partial charge is 0.285 e. The van der Waals surface area contributed by atoms with Crippen molar-refractivity contribution in [2.75, 3.05) is 0 Å². The second-order valence-corrected chi connectivity index (χ2v) is 7.31. The molecule has 0 spiro atoms. The summed E-state index contributed by atoms with van der Waals surface area (Å²) in [6, 6.07) is 15.1. The van der Waals surface area contributed by atoms with Gasteiger partial charge in [0, 0.05) is 0 Å². The lowest BCUT2D eigenvalue weighted by Gasteiger charge is -2.15. The smallest absolute Gasteiger partial charge is 0.273 e. The van der Waals surface area contributed by atoms with Gasteiger partial charge in [0.15, 0.2) is 4.32 Å². The van der Waals surface area contributed by atoms with Crippen molar-refractivity contribution in [3.8, 4) is 0 Å². The summed E-state index contributed by atoms with van der Waals surface area (Å²) in [5.74, 6) is -1.06. The van der Waals surface area contributed by atoms with Crippen LogP contribution in [0, 0.1) is 5.82 Å². The van der Waals surface area contributed by atoms with Crippen LogP contribution in [0.15, 0.2) is 59.5 Å². The number of thiocarbonyl (C=S) groups is 1. The van der Waals surface area contributed by atoms with Crippen LogP contribution in [0.4, 0.5) is 4.39 Å². The first-order valence-electron chi connectivity index (χ1n) is 7.82. The van der Waals surface area contributed by atoms with E-state index in [0.29, 0.717) is 10.5 Å². The van der Waals surface area contributed by atoms with Crippen molar-refractivity contribution in [2.45, 2.75) is 13.3 Å². The quantitative estimate of drug-likeness (QED) is 0.643. The molecule has 1 aliphatic heterocycles. The Labute approximate surface area is 160 Å². The zero-order chi connectivity index (χ0) is 18.7. The average molecular weight is 386 g/mol. The Morgan fingerprint density at radius 1 is 1.15 bits per heavy atom. The van der Waals surface area contributed by atoms with Gasteiger partial charge in [0.1, 0.15) is 5.82 Å². The van der Waals surface area contributed by atoms with Crippen molar-refractivity contribution in [3.63, 3.8) is 0 Å². The first-order valence-corrected chi connectivity index (χ1v) is 9.04. The van der Waals surface area contributed by atoms with E-state index in [-0.39, 0.29) is 28.4 Å². The van der Waals surface area contributed by atoms with Crippen LogP contribution in [0.2, 0.25) is 0 Å². The fourth-order valence-electron chi connectivity index (χ4n) is 2.47. The Balaban J connectivity index is 1.75. The second kappa shape index (κ2) is 7.80. The molecule has 1 aliphatic rings. The Hall–Kier alpha value is -2.51. The molecule has 1 saturated heterocycles. The Bertz CT molecular complexity index is 896. The molecule has 0 aromatic heterocycles. The SMILES string of the molecule is C/C(=C1/SC(=S)N(NC(=O)Cc2ccccc2)C1=O)c1ccc(F)cc1. The molecular weight excluding hydrogens is 371 g/mol. The molecule has 1 N–H and O–H groups in total. The number of thioether (sulfide) groups is 1. The molecule has 0 bridgehead atoms. The maximum Gasteiger partial charge on any atom is 0.285 e. The summed E-state index contributed by atoms with van der Waals surface area (Å²) in [5.41, 5.74) is 4.81. The summed E-state index contributed by atoms with van der Waals surface area (Å²) in [7, 11) is 0. The minimum Gasteiger partial charge on any atom is -0.273 e. The van der Waals surface area contributed by atoms with Gasteiger partial charge in [-0.2, -0.15) is 5.01 Å². The van der Waals surface area contributed by atoms with Gasteiger partial charge < -0.3 is 0 Å². The third-order valence-electron chi connectivity index (χ3n) is 3.83. The number of nitrogens with one attached hydrogen (secondary N) is 1. The van der Waals surface area contributed by atoms with Crippen LogP contribution in [-0.2, 0) is 16.0 Å². The number of allylic oxidation sites excluding steroid dienone is 1. The minimum atomic E-state index is -0.386. The monoisotopic (exact) mass is 386 g/mol. The van der Waals surface area contributed by atoms with Crippen molar-refractivity contribution >= 4 is 45.7 Å². The summed E-state index contributed by atoms with van der Waals surface area (Å²) < 4.78 is 13.3. The lowest BCUT2D eigenvalue weighted by atomic mass is 10.1. The van der Waals surface area contributed by atoms with Crippen molar-refractivity contribution in [3.05, 3.63) is 76.4 Å². The van der Waals surface area contributed by atoms with Crippen molar-refractivity contribution in [1.82, 2.24) is 10.4 Å². The molecule has 0 aliphatic carbocycles. The van der Waals surface area contributed by atoms with Gasteiger partial charge in [-0.05, 0) is 48.0 Å². The molecule has 132 valence electrons. The number of carbonyl (C=O) groups excluding carboxylic acids is 2. The fourth-order valence-corrected chi connectivity index (χ4v) is 3.69. The normalized spacial score (nSPS) is 16.0. The van der Waals surface area contributed by atoms with Crippen LogP contribution in [0.1, 0.15) is 18.1 Å². The molecule has 1 heterocycles. The van der Waals surface area contributed by atoms with Gasteiger partial charge in [-0.15, -0.1) is 0 Å². The summed E-state index contributed by atoms with van der Waals surface area (Å²) >= 11 is 6.34. The predicted molar refractivity (Wildman–Crippen MR) is 104 cm³/mol.